The summed E-state index contributed by atoms with van der Waals surface area (Å²) in [5.41, 5.74) is 3.86. The van der Waals surface area contributed by atoms with Crippen LogP contribution < -0.4 is 4.90 Å². The minimum Gasteiger partial charge on any atom is -0.364 e. The molecule has 1 aliphatic rings. The van der Waals surface area contributed by atoms with Crippen LogP contribution in [0.5, 0.6) is 0 Å². The Labute approximate surface area is 129 Å². The second-order valence-corrected chi connectivity index (χ2v) is 5.70. The number of anilines is 1. The van der Waals surface area contributed by atoms with Crippen LogP contribution in [-0.4, -0.2) is 11.5 Å². The van der Waals surface area contributed by atoms with Crippen LogP contribution in [-0.2, 0) is 0 Å². The zero-order valence-corrected chi connectivity index (χ0v) is 12.6. The van der Waals surface area contributed by atoms with Crippen molar-refractivity contribution in [2.45, 2.75) is 25.8 Å². The molecule has 4 heteroatoms. The van der Waals surface area contributed by atoms with E-state index in [-0.39, 0.29) is 0 Å². The highest BCUT2D eigenvalue weighted by Crippen LogP contribution is 2.39. The molecule has 0 aliphatic carbocycles. The van der Waals surface area contributed by atoms with Crippen LogP contribution in [0.1, 0.15) is 35.6 Å². The molecule has 0 radical (unpaired) electrons. The monoisotopic (exact) mass is 297 g/mol. The van der Waals surface area contributed by atoms with Crippen molar-refractivity contribution in [3.05, 3.63) is 58.4 Å². The summed E-state index contributed by atoms with van der Waals surface area (Å²) in [4.78, 5) is 6.60. The largest absolute Gasteiger partial charge is 0.364 e. The Morgan fingerprint density at radius 2 is 2.24 bits per heavy atom. The number of halogens is 1. The molecule has 0 bridgehead atoms. The molecule has 0 saturated carbocycles. The fraction of sp³-hybridized carbons (Fsp3) is 0.294. The first kappa shape index (κ1) is 13.9. The lowest BCUT2D eigenvalue weighted by atomic mass is 10.0. The molecular formula is C17H16ClN3. The minimum atomic E-state index is 0.335. The summed E-state index contributed by atoms with van der Waals surface area (Å²) in [6.07, 6.45) is 6.00. The van der Waals surface area contributed by atoms with Crippen LogP contribution in [0.4, 0.5) is 5.69 Å². The topological polar surface area (TPSA) is 39.9 Å². The van der Waals surface area contributed by atoms with Gasteiger partial charge in [0.25, 0.3) is 0 Å². The first-order valence-corrected chi connectivity index (χ1v) is 7.46. The van der Waals surface area contributed by atoms with Gasteiger partial charge in [0.05, 0.1) is 16.6 Å². The Bertz CT molecular complexity index is 691. The fourth-order valence-corrected chi connectivity index (χ4v) is 3.25. The van der Waals surface area contributed by atoms with Gasteiger partial charge in [0, 0.05) is 24.6 Å². The van der Waals surface area contributed by atoms with Gasteiger partial charge in [0.1, 0.15) is 6.07 Å². The third kappa shape index (κ3) is 2.48. The Morgan fingerprint density at radius 1 is 1.38 bits per heavy atom. The summed E-state index contributed by atoms with van der Waals surface area (Å²) in [6, 6.07) is 10.4. The van der Waals surface area contributed by atoms with E-state index < -0.39 is 0 Å². The third-order valence-corrected chi connectivity index (χ3v) is 4.60. The van der Waals surface area contributed by atoms with E-state index in [0.29, 0.717) is 16.6 Å². The van der Waals surface area contributed by atoms with E-state index in [0.717, 1.165) is 30.6 Å². The van der Waals surface area contributed by atoms with E-state index in [1.807, 2.05) is 31.3 Å². The molecule has 2 aromatic rings. The molecule has 21 heavy (non-hydrogen) atoms. The number of nitriles is 1. The average Bonchev–Trinajstić information content (AvgIpc) is 3.00. The van der Waals surface area contributed by atoms with Crippen molar-refractivity contribution in [3.63, 3.8) is 0 Å². The van der Waals surface area contributed by atoms with Gasteiger partial charge in [-0.3, -0.25) is 4.98 Å². The quantitative estimate of drug-likeness (QED) is 0.831. The van der Waals surface area contributed by atoms with Gasteiger partial charge < -0.3 is 4.90 Å². The molecule has 0 amide bonds. The Kier molecular flexibility index (Phi) is 3.81. The van der Waals surface area contributed by atoms with Crippen LogP contribution in [0.15, 0.2) is 36.7 Å². The lowest BCUT2D eigenvalue weighted by molar-refractivity contribution is 0.714. The summed E-state index contributed by atoms with van der Waals surface area (Å²) >= 11 is 6.31. The lowest BCUT2D eigenvalue weighted by Crippen LogP contribution is -2.23. The number of rotatable bonds is 2. The van der Waals surface area contributed by atoms with Crippen molar-refractivity contribution in [3.8, 4) is 6.07 Å². The molecule has 1 saturated heterocycles. The molecule has 1 atom stereocenters. The molecule has 3 nitrogen and oxygen atoms in total. The second kappa shape index (κ2) is 5.75. The number of pyridine rings is 1. The summed E-state index contributed by atoms with van der Waals surface area (Å²) in [5, 5.41) is 9.63. The van der Waals surface area contributed by atoms with Crippen molar-refractivity contribution in [1.29, 1.82) is 5.26 Å². The molecule has 1 unspecified atom stereocenters. The van der Waals surface area contributed by atoms with Gasteiger partial charge in [-0.25, -0.2) is 0 Å². The summed E-state index contributed by atoms with van der Waals surface area (Å²) in [5.74, 6) is 0. The molecule has 1 fully saturated rings. The van der Waals surface area contributed by atoms with Crippen molar-refractivity contribution in [2.75, 3.05) is 11.4 Å². The van der Waals surface area contributed by atoms with Gasteiger partial charge in [0.2, 0.25) is 0 Å². The standard InChI is InChI=1S/C17H16ClN3/c1-12-15(7-6-13(10-19)17(12)18)21-9-3-5-16(21)14-4-2-8-20-11-14/h2,4,6-8,11,16H,3,5,9H2,1H3. The molecule has 106 valence electrons. The van der Waals surface area contributed by atoms with Crippen LogP contribution in [0.3, 0.4) is 0 Å². The zero-order chi connectivity index (χ0) is 14.8. The highest BCUT2D eigenvalue weighted by atomic mass is 35.5. The second-order valence-electron chi connectivity index (χ2n) is 5.32. The molecule has 1 aromatic carbocycles. The van der Waals surface area contributed by atoms with E-state index in [9.17, 15) is 0 Å². The summed E-state index contributed by atoms with van der Waals surface area (Å²) < 4.78 is 0. The highest BCUT2D eigenvalue weighted by Gasteiger charge is 2.28. The maximum atomic E-state index is 9.07. The molecule has 2 heterocycles. The minimum absolute atomic E-state index is 0.335. The number of benzene rings is 1. The molecule has 3 rings (SSSR count). The number of hydrogen-bond donors (Lipinski definition) is 0. The van der Waals surface area contributed by atoms with Crippen LogP contribution in [0.25, 0.3) is 0 Å². The predicted octanol–water partition coefficient (Wildman–Crippen LogP) is 4.26. The Morgan fingerprint density at radius 3 is 2.95 bits per heavy atom. The van der Waals surface area contributed by atoms with E-state index >= 15 is 0 Å². The SMILES string of the molecule is Cc1c(N2CCCC2c2cccnc2)ccc(C#N)c1Cl. The highest BCUT2D eigenvalue weighted by molar-refractivity contribution is 6.32. The Hall–Kier alpha value is -2.05. The van der Waals surface area contributed by atoms with Crippen molar-refractivity contribution < 1.29 is 0 Å². The predicted molar refractivity (Wildman–Crippen MR) is 84.5 cm³/mol. The van der Waals surface area contributed by atoms with Gasteiger partial charge in [-0.05, 0) is 49.1 Å². The number of aromatic nitrogens is 1. The van der Waals surface area contributed by atoms with Crippen LogP contribution in [0, 0.1) is 18.3 Å². The van der Waals surface area contributed by atoms with Gasteiger partial charge in [-0.1, -0.05) is 17.7 Å². The maximum absolute atomic E-state index is 9.07. The smallest absolute Gasteiger partial charge is 0.101 e. The van der Waals surface area contributed by atoms with Gasteiger partial charge in [0.15, 0.2) is 0 Å². The molecular weight excluding hydrogens is 282 g/mol. The van der Waals surface area contributed by atoms with E-state index in [2.05, 4.69) is 22.0 Å². The summed E-state index contributed by atoms with van der Waals surface area (Å²) in [6.45, 7) is 2.99. The van der Waals surface area contributed by atoms with Crippen molar-refractivity contribution in [1.82, 2.24) is 4.98 Å². The van der Waals surface area contributed by atoms with E-state index in [4.69, 9.17) is 16.9 Å². The summed E-state index contributed by atoms with van der Waals surface area (Å²) in [7, 11) is 0. The molecule has 1 aromatic heterocycles. The molecule has 1 aliphatic heterocycles. The third-order valence-electron chi connectivity index (χ3n) is 4.11. The van der Waals surface area contributed by atoms with E-state index in [1.165, 1.54) is 5.56 Å². The zero-order valence-electron chi connectivity index (χ0n) is 11.9. The first-order chi connectivity index (χ1) is 10.2. The fourth-order valence-electron chi connectivity index (χ4n) is 3.05. The van der Waals surface area contributed by atoms with E-state index in [1.54, 1.807) is 6.20 Å². The van der Waals surface area contributed by atoms with Crippen LogP contribution >= 0.6 is 11.6 Å². The number of hydrogen-bond acceptors (Lipinski definition) is 3. The molecule has 0 spiro atoms. The lowest BCUT2D eigenvalue weighted by Gasteiger charge is -2.29. The molecule has 0 N–H and O–H groups in total. The Balaban J connectivity index is 2.00. The van der Waals surface area contributed by atoms with Crippen LogP contribution in [0.2, 0.25) is 5.02 Å². The van der Waals surface area contributed by atoms with Gasteiger partial charge in [-0.2, -0.15) is 5.26 Å². The number of nitrogens with zero attached hydrogens (tertiary/aromatic N) is 3. The first-order valence-electron chi connectivity index (χ1n) is 7.08. The van der Waals surface area contributed by atoms with Crippen molar-refractivity contribution in [2.24, 2.45) is 0 Å². The van der Waals surface area contributed by atoms with Crippen molar-refractivity contribution >= 4 is 17.3 Å². The van der Waals surface area contributed by atoms with Gasteiger partial charge in [-0.15, -0.1) is 0 Å². The maximum Gasteiger partial charge on any atom is 0.101 e. The normalized spacial score (nSPS) is 17.8. The average molecular weight is 298 g/mol. The van der Waals surface area contributed by atoms with Gasteiger partial charge >= 0.3 is 0 Å².